The summed E-state index contributed by atoms with van der Waals surface area (Å²) in [6, 6.07) is 0. The number of rotatable bonds is 3. The summed E-state index contributed by atoms with van der Waals surface area (Å²) in [5, 5.41) is 6.29. The van der Waals surface area contributed by atoms with Crippen molar-refractivity contribution in [3.8, 4) is 0 Å². The highest BCUT2D eigenvalue weighted by Gasteiger charge is 2.15. The maximum absolute atomic E-state index is 11.8. The Morgan fingerprint density at radius 2 is 2.62 bits per heavy atom. The second-order valence-electron chi connectivity index (χ2n) is 4.31. The van der Waals surface area contributed by atoms with Crippen LogP contribution in [0.5, 0.6) is 0 Å². The molecule has 1 aliphatic rings. The summed E-state index contributed by atoms with van der Waals surface area (Å²) in [6.07, 6.45) is 5.62. The first kappa shape index (κ1) is 11.1. The highest BCUT2D eigenvalue weighted by Crippen LogP contribution is 2.08. The van der Waals surface area contributed by atoms with Crippen molar-refractivity contribution in [1.29, 1.82) is 0 Å². The number of carbonyl (C=O) groups excluding carboxylic acids is 1. The quantitative estimate of drug-likeness (QED) is 0.765. The second-order valence-corrected chi connectivity index (χ2v) is 4.31. The van der Waals surface area contributed by atoms with Crippen LogP contribution in [-0.4, -0.2) is 35.1 Å². The lowest BCUT2D eigenvalue weighted by Crippen LogP contribution is -2.38. The van der Waals surface area contributed by atoms with Crippen molar-refractivity contribution in [3.63, 3.8) is 0 Å². The molecule has 1 aliphatic heterocycles. The van der Waals surface area contributed by atoms with Gasteiger partial charge in [-0.25, -0.2) is 4.98 Å². The molecule has 5 heteroatoms. The molecular formula is C11H18N4O. The molecule has 1 aromatic rings. The van der Waals surface area contributed by atoms with Gasteiger partial charge in [0.15, 0.2) is 0 Å². The van der Waals surface area contributed by atoms with E-state index in [1.54, 1.807) is 17.1 Å². The summed E-state index contributed by atoms with van der Waals surface area (Å²) in [5.41, 5.74) is 0.615. The van der Waals surface area contributed by atoms with Crippen LogP contribution in [0.1, 0.15) is 23.3 Å². The normalized spacial score (nSPS) is 20.7. The van der Waals surface area contributed by atoms with Crippen molar-refractivity contribution in [2.75, 3.05) is 19.6 Å². The van der Waals surface area contributed by atoms with Crippen LogP contribution < -0.4 is 10.6 Å². The minimum atomic E-state index is -0.0365. The molecule has 0 aromatic carbocycles. The van der Waals surface area contributed by atoms with Crippen LogP contribution in [0.3, 0.4) is 0 Å². The number of aryl methyl sites for hydroxylation is 1. The SMILES string of the molecule is Cn1cncc1C(=O)NCC1CCCNC1. The second kappa shape index (κ2) is 5.12. The molecule has 1 saturated heterocycles. The standard InChI is InChI=1S/C11H18N4O/c1-15-8-13-7-10(15)11(16)14-6-9-3-2-4-12-5-9/h7-9,12H,2-6H2,1H3,(H,14,16). The average molecular weight is 222 g/mol. The molecule has 88 valence electrons. The molecule has 1 aromatic heterocycles. The van der Waals surface area contributed by atoms with Gasteiger partial charge in [-0.3, -0.25) is 4.79 Å². The van der Waals surface area contributed by atoms with E-state index in [9.17, 15) is 4.79 Å². The van der Waals surface area contributed by atoms with Crippen molar-refractivity contribution < 1.29 is 4.79 Å². The van der Waals surface area contributed by atoms with Crippen LogP contribution in [0.15, 0.2) is 12.5 Å². The van der Waals surface area contributed by atoms with Crippen molar-refractivity contribution in [2.24, 2.45) is 13.0 Å². The number of amides is 1. The Bertz CT molecular complexity index is 355. The van der Waals surface area contributed by atoms with Gasteiger partial charge in [0.05, 0.1) is 12.5 Å². The topological polar surface area (TPSA) is 59.0 Å². The summed E-state index contributed by atoms with van der Waals surface area (Å²) in [5.74, 6) is 0.525. The van der Waals surface area contributed by atoms with Gasteiger partial charge in [-0.05, 0) is 31.8 Å². The smallest absolute Gasteiger partial charge is 0.269 e. The van der Waals surface area contributed by atoms with E-state index in [0.29, 0.717) is 11.6 Å². The lowest BCUT2D eigenvalue weighted by molar-refractivity contribution is 0.0936. The minimum absolute atomic E-state index is 0.0365. The van der Waals surface area contributed by atoms with Crippen molar-refractivity contribution >= 4 is 5.91 Å². The fourth-order valence-electron chi connectivity index (χ4n) is 2.00. The monoisotopic (exact) mass is 222 g/mol. The summed E-state index contributed by atoms with van der Waals surface area (Å²) in [6.45, 7) is 2.86. The molecule has 0 aliphatic carbocycles. The molecule has 5 nitrogen and oxygen atoms in total. The third kappa shape index (κ3) is 2.61. The molecule has 2 N–H and O–H groups in total. The Morgan fingerprint density at radius 3 is 3.25 bits per heavy atom. The average Bonchev–Trinajstić information content (AvgIpc) is 2.74. The van der Waals surface area contributed by atoms with Crippen molar-refractivity contribution in [2.45, 2.75) is 12.8 Å². The first-order chi connectivity index (χ1) is 7.77. The van der Waals surface area contributed by atoms with Gasteiger partial charge in [0.1, 0.15) is 5.69 Å². The summed E-state index contributed by atoms with van der Waals surface area (Å²) >= 11 is 0. The zero-order valence-corrected chi connectivity index (χ0v) is 9.57. The van der Waals surface area contributed by atoms with Crippen LogP contribution in [0, 0.1) is 5.92 Å². The zero-order chi connectivity index (χ0) is 11.4. The predicted molar refractivity (Wildman–Crippen MR) is 61.1 cm³/mol. The Labute approximate surface area is 95.2 Å². The van der Waals surface area contributed by atoms with Crippen LogP contribution in [-0.2, 0) is 7.05 Å². The van der Waals surface area contributed by atoms with Crippen LogP contribution in [0.2, 0.25) is 0 Å². The van der Waals surface area contributed by atoms with Crippen LogP contribution >= 0.6 is 0 Å². The summed E-state index contributed by atoms with van der Waals surface area (Å²) in [4.78, 5) is 15.7. The number of carbonyl (C=O) groups is 1. The van der Waals surface area contributed by atoms with E-state index in [4.69, 9.17) is 0 Å². The lowest BCUT2D eigenvalue weighted by atomic mass is 10.00. The Morgan fingerprint density at radius 1 is 1.75 bits per heavy atom. The number of imidazole rings is 1. The lowest BCUT2D eigenvalue weighted by Gasteiger charge is -2.22. The predicted octanol–water partition coefficient (Wildman–Crippen LogP) is 0.150. The largest absolute Gasteiger partial charge is 0.350 e. The van der Waals surface area contributed by atoms with E-state index < -0.39 is 0 Å². The number of hydrogen-bond donors (Lipinski definition) is 2. The molecule has 0 radical (unpaired) electrons. The summed E-state index contributed by atoms with van der Waals surface area (Å²) in [7, 11) is 1.82. The zero-order valence-electron chi connectivity index (χ0n) is 9.57. The molecule has 1 amide bonds. The molecular weight excluding hydrogens is 204 g/mol. The van der Waals surface area contributed by atoms with E-state index in [1.807, 2.05) is 7.05 Å². The number of nitrogens with one attached hydrogen (secondary N) is 2. The molecule has 1 atom stereocenters. The Kier molecular flexibility index (Phi) is 3.56. The highest BCUT2D eigenvalue weighted by molar-refractivity contribution is 5.92. The van der Waals surface area contributed by atoms with Gasteiger partial charge >= 0.3 is 0 Å². The summed E-state index contributed by atoms with van der Waals surface area (Å²) < 4.78 is 1.73. The highest BCUT2D eigenvalue weighted by atomic mass is 16.1. The van der Waals surface area contributed by atoms with Gasteiger partial charge in [-0.1, -0.05) is 0 Å². The van der Waals surface area contributed by atoms with E-state index >= 15 is 0 Å². The molecule has 2 heterocycles. The third-order valence-electron chi connectivity index (χ3n) is 3.00. The van der Waals surface area contributed by atoms with Crippen molar-refractivity contribution in [3.05, 3.63) is 18.2 Å². The van der Waals surface area contributed by atoms with E-state index in [-0.39, 0.29) is 5.91 Å². The van der Waals surface area contributed by atoms with E-state index in [0.717, 1.165) is 19.6 Å². The molecule has 16 heavy (non-hydrogen) atoms. The van der Waals surface area contributed by atoms with Gasteiger partial charge < -0.3 is 15.2 Å². The fourth-order valence-corrected chi connectivity index (χ4v) is 2.00. The first-order valence-corrected chi connectivity index (χ1v) is 5.72. The molecule has 0 saturated carbocycles. The number of piperidine rings is 1. The Hall–Kier alpha value is -1.36. The molecule has 2 rings (SSSR count). The Balaban J connectivity index is 1.81. The maximum atomic E-state index is 11.8. The van der Waals surface area contributed by atoms with E-state index in [1.165, 1.54) is 12.8 Å². The number of hydrogen-bond acceptors (Lipinski definition) is 3. The molecule has 0 bridgehead atoms. The van der Waals surface area contributed by atoms with Gasteiger partial charge in [-0.2, -0.15) is 0 Å². The molecule has 1 fully saturated rings. The van der Waals surface area contributed by atoms with Crippen LogP contribution in [0.25, 0.3) is 0 Å². The minimum Gasteiger partial charge on any atom is -0.350 e. The van der Waals surface area contributed by atoms with E-state index in [2.05, 4.69) is 15.6 Å². The first-order valence-electron chi connectivity index (χ1n) is 5.72. The fraction of sp³-hybridized carbons (Fsp3) is 0.636. The molecule has 1 unspecified atom stereocenters. The third-order valence-corrected chi connectivity index (χ3v) is 3.00. The van der Waals surface area contributed by atoms with Crippen molar-refractivity contribution in [1.82, 2.24) is 20.2 Å². The van der Waals surface area contributed by atoms with Gasteiger partial charge in [-0.15, -0.1) is 0 Å². The van der Waals surface area contributed by atoms with Gasteiger partial charge in [0, 0.05) is 13.6 Å². The van der Waals surface area contributed by atoms with Gasteiger partial charge in [0.25, 0.3) is 5.91 Å². The van der Waals surface area contributed by atoms with Gasteiger partial charge in [0.2, 0.25) is 0 Å². The number of aromatic nitrogens is 2. The molecule has 0 spiro atoms. The van der Waals surface area contributed by atoms with Crippen LogP contribution in [0.4, 0.5) is 0 Å². The maximum Gasteiger partial charge on any atom is 0.269 e. The number of nitrogens with zero attached hydrogens (tertiary/aromatic N) is 2.